The molecule has 1 fully saturated rings. The first-order valence-electron chi connectivity index (χ1n) is 7.60. The Morgan fingerprint density at radius 3 is 2.29 bits per heavy atom. The molecule has 3 rings (SSSR count). The van der Waals surface area contributed by atoms with Crippen molar-refractivity contribution in [3.8, 4) is 6.01 Å². The standard InChI is InChI=1S/C17H21N3O/c1-2-11-20(12-3-1)13-15-5-7-16(8-6-15)14-21-17-18-9-4-10-19-17/h4-10H,1-3,11-14H2. The fourth-order valence-corrected chi connectivity index (χ4v) is 2.62. The van der Waals surface area contributed by atoms with Gasteiger partial charge in [0, 0.05) is 18.9 Å². The van der Waals surface area contributed by atoms with Gasteiger partial charge in [0.05, 0.1) is 0 Å². The average molecular weight is 283 g/mol. The van der Waals surface area contributed by atoms with Crippen LogP contribution in [0.1, 0.15) is 30.4 Å². The molecule has 1 aromatic carbocycles. The van der Waals surface area contributed by atoms with Crippen LogP contribution < -0.4 is 4.74 Å². The molecule has 0 N–H and O–H groups in total. The number of nitrogens with zero attached hydrogens (tertiary/aromatic N) is 3. The quantitative estimate of drug-likeness (QED) is 0.845. The van der Waals surface area contributed by atoms with Gasteiger partial charge in [0.15, 0.2) is 0 Å². The van der Waals surface area contributed by atoms with Crippen LogP contribution in [0.15, 0.2) is 42.7 Å². The smallest absolute Gasteiger partial charge is 0.316 e. The molecule has 110 valence electrons. The highest BCUT2D eigenvalue weighted by molar-refractivity contribution is 5.22. The molecule has 1 aliphatic rings. The molecule has 1 saturated heterocycles. The summed E-state index contributed by atoms with van der Waals surface area (Å²) in [5, 5.41) is 0. The van der Waals surface area contributed by atoms with Crippen LogP contribution in [0.4, 0.5) is 0 Å². The van der Waals surface area contributed by atoms with E-state index in [1.54, 1.807) is 18.5 Å². The Hall–Kier alpha value is -1.94. The number of piperidine rings is 1. The molecule has 4 nitrogen and oxygen atoms in total. The van der Waals surface area contributed by atoms with E-state index in [1.807, 2.05) is 0 Å². The number of likely N-dealkylation sites (tertiary alicyclic amines) is 1. The van der Waals surface area contributed by atoms with Crippen LogP contribution in [-0.2, 0) is 13.2 Å². The molecular formula is C17H21N3O. The molecule has 4 heteroatoms. The highest BCUT2D eigenvalue weighted by Gasteiger charge is 2.10. The van der Waals surface area contributed by atoms with Crippen molar-refractivity contribution in [1.82, 2.24) is 14.9 Å². The normalized spacial score (nSPS) is 15.8. The van der Waals surface area contributed by atoms with Crippen molar-refractivity contribution in [2.45, 2.75) is 32.4 Å². The Labute approximate surface area is 125 Å². The zero-order chi connectivity index (χ0) is 14.3. The van der Waals surface area contributed by atoms with Gasteiger partial charge in [0.25, 0.3) is 0 Å². The zero-order valence-electron chi connectivity index (χ0n) is 12.2. The molecule has 0 unspecified atom stereocenters. The predicted octanol–water partition coefficient (Wildman–Crippen LogP) is 3.04. The van der Waals surface area contributed by atoms with Gasteiger partial charge in [-0.2, -0.15) is 0 Å². The summed E-state index contributed by atoms with van der Waals surface area (Å²) in [7, 11) is 0. The topological polar surface area (TPSA) is 38.2 Å². The van der Waals surface area contributed by atoms with Gasteiger partial charge in [-0.3, -0.25) is 4.90 Å². The van der Waals surface area contributed by atoms with E-state index in [-0.39, 0.29) is 0 Å². The fraction of sp³-hybridized carbons (Fsp3) is 0.412. The maximum Gasteiger partial charge on any atom is 0.316 e. The van der Waals surface area contributed by atoms with E-state index in [0.29, 0.717) is 12.6 Å². The first-order valence-corrected chi connectivity index (χ1v) is 7.60. The molecule has 0 radical (unpaired) electrons. The van der Waals surface area contributed by atoms with Crippen LogP contribution in [0.3, 0.4) is 0 Å². The van der Waals surface area contributed by atoms with Crippen molar-refractivity contribution in [2.24, 2.45) is 0 Å². The molecule has 2 aromatic rings. The third kappa shape index (κ3) is 4.26. The van der Waals surface area contributed by atoms with Gasteiger partial charge < -0.3 is 4.74 Å². The van der Waals surface area contributed by atoms with Crippen molar-refractivity contribution in [3.63, 3.8) is 0 Å². The molecule has 21 heavy (non-hydrogen) atoms. The molecule has 0 bridgehead atoms. The molecule has 2 heterocycles. The third-order valence-electron chi connectivity index (χ3n) is 3.79. The summed E-state index contributed by atoms with van der Waals surface area (Å²) in [6.07, 6.45) is 7.43. The minimum atomic E-state index is 0.426. The van der Waals surface area contributed by atoms with Crippen LogP contribution in [0.2, 0.25) is 0 Å². The lowest BCUT2D eigenvalue weighted by Gasteiger charge is -2.26. The van der Waals surface area contributed by atoms with Gasteiger partial charge in [-0.15, -0.1) is 0 Å². The Bertz CT molecular complexity index is 536. The summed E-state index contributed by atoms with van der Waals surface area (Å²) in [5.74, 6) is 0. The molecule has 1 aliphatic heterocycles. The molecule has 0 amide bonds. The largest absolute Gasteiger partial charge is 0.459 e. The van der Waals surface area contributed by atoms with E-state index in [2.05, 4.69) is 39.1 Å². The summed E-state index contributed by atoms with van der Waals surface area (Å²) >= 11 is 0. The number of ether oxygens (including phenoxy) is 1. The first kappa shape index (κ1) is 14.0. The number of hydrogen-bond acceptors (Lipinski definition) is 4. The molecule has 0 atom stereocenters. The highest BCUT2D eigenvalue weighted by Crippen LogP contribution is 2.14. The van der Waals surface area contributed by atoms with E-state index in [4.69, 9.17) is 4.74 Å². The second kappa shape index (κ2) is 7.18. The second-order valence-electron chi connectivity index (χ2n) is 5.47. The summed E-state index contributed by atoms with van der Waals surface area (Å²) in [4.78, 5) is 10.6. The summed E-state index contributed by atoms with van der Waals surface area (Å²) in [6.45, 7) is 4.03. The van der Waals surface area contributed by atoms with Gasteiger partial charge in [0.1, 0.15) is 6.61 Å². The van der Waals surface area contributed by atoms with Gasteiger partial charge in [0.2, 0.25) is 0 Å². The van der Waals surface area contributed by atoms with Crippen LogP contribution in [0.5, 0.6) is 6.01 Å². The molecule has 0 saturated carbocycles. The molecule has 1 aromatic heterocycles. The molecular weight excluding hydrogens is 262 g/mol. The van der Waals surface area contributed by atoms with Crippen LogP contribution in [0, 0.1) is 0 Å². The SMILES string of the molecule is c1cnc(OCc2ccc(CN3CCCCC3)cc2)nc1. The van der Waals surface area contributed by atoms with Crippen molar-refractivity contribution in [3.05, 3.63) is 53.9 Å². The minimum Gasteiger partial charge on any atom is -0.459 e. The summed E-state index contributed by atoms with van der Waals surface area (Å²) in [6, 6.07) is 10.8. The summed E-state index contributed by atoms with van der Waals surface area (Å²) in [5.41, 5.74) is 2.52. The van der Waals surface area contributed by atoms with E-state index in [0.717, 1.165) is 12.1 Å². The van der Waals surface area contributed by atoms with E-state index in [1.165, 1.54) is 37.9 Å². The second-order valence-corrected chi connectivity index (χ2v) is 5.47. The molecule has 0 spiro atoms. The van der Waals surface area contributed by atoms with Crippen molar-refractivity contribution < 1.29 is 4.74 Å². The third-order valence-corrected chi connectivity index (χ3v) is 3.79. The van der Waals surface area contributed by atoms with Crippen LogP contribution >= 0.6 is 0 Å². The van der Waals surface area contributed by atoms with Gasteiger partial charge in [-0.05, 0) is 43.1 Å². The highest BCUT2D eigenvalue weighted by atomic mass is 16.5. The number of rotatable bonds is 5. The lowest BCUT2D eigenvalue weighted by molar-refractivity contribution is 0.221. The van der Waals surface area contributed by atoms with Gasteiger partial charge in [-0.25, -0.2) is 9.97 Å². The monoisotopic (exact) mass is 283 g/mol. The van der Waals surface area contributed by atoms with Crippen LogP contribution in [-0.4, -0.2) is 28.0 Å². The van der Waals surface area contributed by atoms with Crippen molar-refractivity contribution in [1.29, 1.82) is 0 Å². The van der Waals surface area contributed by atoms with Crippen molar-refractivity contribution >= 4 is 0 Å². The van der Waals surface area contributed by atoms with Gasteiger partial charge in [-0.1, -0.05) is 30.7 Å². The summed E-state index contributed by atoms with van der Waals surface area (Å²) < 4.78 is 5.55. The van der Waals surface area contributed by atoms with Crippen LogP contribution in [0.25, 0.3) is 0 Å². The van der Waals surface area contributed by atoms with E-state index < -0.39 is 0 Å². The van der Waals surface area contributed by atoms with E-state index in [9.17, 15) is 0 Å². The molecule has 0 aliphatic carbocycles. The zero-order valence-corrected chi connectivity index (χ0v) is 12.2. The van der Waals surface area contributed by atoms with Crippen molar-refractivity contribution in [2.75, 3.05) is 13.1 Å². The Morgan fingerprint density at radius 2 is 1.57 bits per heavy atom. The Kier molecular flexibility index (Phi) is 4.79. The number of benzene rings is 1. The predicted molar refractivity (Wildman–Crippen MR) is 81.9 cm³/mol. The number of hydrogen-bond donors (Lipinski definition) is 0. The number of aromatic nitrogens is 2. The van der Waals surface area contributed by atoms with E-state index >= 15 is 0 Å². The minimum absolute atomic E-state index is 0.426. The Morgan fingerprint density at radius 1 is 0.905 bits per heavy atom. The lowest BCUT2D eigenvalue weighted by atomic mass is 10.1. The van der Waals surface area contributed by atoms with Gasteiger partial charge >= 0.3 is 6.01 Å². The first-order chi connectivity index (χ1) is 10.4. The Balaban J connectivity index is 1.51. The maximum atomic E-state index is 5.55. The maximum absolute atomic E-state index is 5.55. The average Bonchev–Trinajstić information content (AvgIpc) is 2.56. The lowest BCUT2D eigenvalue weighted by Crippen LogP contribution is -2.29. The fourth-order valence-electron chi connectivity index (χ4n) is 2.62.